The highest BCUT2D eigenvalue weighted by atomic mass is 16.5. The Morgan fingerprint density at radius 1 is 1.18 bits per heavy atom. The highest BCUT2D eigenvalue weighted by molar-refractivity contribution is 5.27. The molecule has 1 aromatic heterocycles. The first kappa shape index (κ1) is 11.5. The van der Waals surface area contributed by atoms with Crippen LogP contribution in [0.1, 0.15) is 17.5 Å². The first-order valence-corrected chi connectivity index (χ1v) is 5.37. The van der Waals surface area contributed by atoms with Crippen LogP contribution in [0.15, 0.2) is 42.7 Å². The van der Waals surface area contributed by atoms with E-state index in [9.17, 15) is 5.11 Å². The number of benzene rings is 1. The Morgan fingerprint density at radius 2 is 1.82 bits per heavy atom. The molecule has 2 aromatic rings. The summed E-state index contributed by atoms with van der Waals surface area (Å²) in [5.41, 5.74) is 1.02. The molecule has 0 spiro atoms. The lowest BCUT2D eigenvalue weighted by Crippen LogP contribution is -2.06. The molecule has 88 valence electrons. The van der Waals surface area contributed by atoms with E-state index < -0.39 is 6.10 Å². The summed E-state index contributed by atoms with van der Waals surface area (Å²) in [4.78, 5) is 8.05. The third-order valence-electron chi connectivity index (χ3n) is 2.47. The lowest BCUT2D eigenvalue weighted by molar-refractivity contribution is 0.168. The molecule has 0 saturated heterocycles. The minimum atomic E-state index is -0.676. The van der Waals surface area contributed by atoms with Crippen LogP contribution in [-0.2, 0) is 6.42 Å². The van der Waals surface area contributed by atoms with Crippen molar-refractivity contribution in [3.63, 3.8) is 0 Å². The number of aliphatic hydroxyl groups excluding tert-OH is 1. The topological polar surface area (TPSA) is 55.2 Å². The second-order valence-electron chi connectivity index (χ2n) is 3.67. The molecule has 0 aliphatic carbocycles. The van der Waals surface area contributed by atoms with Crippen molar-refractivity contribution in [1.29, 1.82) is 0 Å². The molecular weight excluding hydrogens is 216 g/mol. The number of methoxy groups -OCH3 is 1. The molecule has 1 aromatic carbocycles. The smallest absolute Gasteiger partial charge is 0.157 e. The molecule has 17 heavy (non-hydrogen) atoms. The Morgan fingerprint density at radius 3 is 2.41 bits per heavy atom. The molecule has 0 amide bonds. The molecule has 1 atom stereocenters. The zero-order valence-electron chi connectivity index (χ0n) is 9.58. The van der Waals surface area contributed by atoms with E-state index >= 15 is 0 Å². The summed E-state index contributed by atoms with van der Waals surface area (Å²) in [6.07, 6.45) is 3.07. The van der Waals surface area contributed by atoms with E-state index in [4.69, 9.17) is 4.74 Å². The van der Waals surface area contributed by atoms with Crippen LogP contribution in [0.4, 0.5) is 0 Å². The fourth-order valence-corrected chi connectivity index (χ4v) is 1.56. The number of ether oxygens (including phenoxy) is 1. The fourth-order valence-electron chi connectivity index (χ4n) is 1.56. The van der Waals surface area contributed by atoms with Crippen molar-refractivity contribution in [2.45, 2.75) is 12.5 Å². The van der Waals surface area contributed by atoms with Gasteiger partial charge in [0.2, 0.25) is 0 Å². The largest absolute Gasteiger partial charge is 0.497 e. The molecule has 0 aliphatic heterocycles. The highest BCUT2D eigenvalue weighted by Gasteiger charge is 2.10. The zero-order valence-corrected chi connectivity index (χ0v) is 9.58. The van der Waals surface area contributed by atoms with Crippen molar-refractivity contribution in [3.05, 3.63) is 54.1 Å². The predicted molar refractivity (Wildman–Crippen MR) is 63.7 cm³/mol. The normalized spacial score (nSPS) is 12.1. The van der Waals surface area contributed by atoms with Gasteiger partial charge in [0.1, 0.15) is 11.9 Å². The molecule has 4 heteroatoms. The number of hydrogen-bond acceptors (Lipinski definition) is 4. The summed E-state index contributed by atoms with van der Waals surface area (Å²) in [5, 5.41) is 9.94. The van der Waals surface area contributed by atoms with E-state index in [0.717, 1.165) is 11.3 Å². The van der Waals surface area contributed by atoms with Gasteiger partial charge in [0, 0.05) is 18.8 Å². The maximum absolute atomic E-state index is 9.94. The lowest BCUT2D eigenvalue weighted by atomic mass is 10.1. The van der Waals surface area contributed by atoms with Crippen LogP contribution in [0.5, 0.6) is 5.75 Å². The van der Waals surface area contributed by atoms with Crippen molar-refractivity contribution in [3.8, 4) is 5.75 Å². The molecule has 0 saturated carbocycles. The minimum absolute atomic E-state index is 0.448. The van der Waals surface area contributed by atoms with Gasteiger partial charge in [0.15, 0.2) is 5.82 Å². The average molecular weight is 230 g/mol. The van der Waals surface area contributed by atoms with Crippen LogP contribution in [0, 0.1) is 0 Å². The summed E-state index contributed by atoms with van der Waals surface area (Å²) in [6.45, 7) is 0. The average Bonchev–Trinajstić information content (AvgIpc) is 2.40. The number of hydrogen-bond donors (Lipinski definition) is 1. The molecule has 4 nitrogen and oxygen atoms in total. The summed E-state index contributed by atoms with van der Waals surface area (Å²) >= 11 is 0. The van der Waals surface area contributed by atoms with Gasteiger partial charge in [-0.1, -0.05) is 12.1 Å². The Kier molecular flexibility index (Phi) is 3.67. The van der Waals surface area contributed by atoms with Crippen molar-refractivity contribution in [2.75, 3.05) is 7.11 Å². The quantitative estimate of drug-likeness (QED) is 0.869. The Bertz CT molecular complexity index is 457. The number of nitrogens with zero attached hydrogens (tertiary/aromatic N) is 2. The fraction of sp³-hybridized carbons (Fsp3) is 0.231. The molecule has 1 heterocycles. The summed E-state index contributed by atoms with van der Waals surface area (Å²) in [5.74, 6) is 1.25. The zero-order chi connectivity index (χ0) is 12.1. The molecule has 0 radical (unpaired) electrons. The lowest BCUT2D eigenvalue weighted by Gasteiger charge is -2.09. The molecule has 0 bridgehead atoms. The molecular formula is C13H14N2O2. The van der Waals surface area contributed by atoms with Crippen molar-refractivity contribution in [1.82, 2.24) is 9.97 Å². The number of rotatable bonds is 4. The third kappa shape index (κ3) is 3.01. The van der Waals surface area contributed by atoms with Crippen LogP contribution in [0.3, 0.4) is 0 Å². The van der Waals surface area contributed by atoms with Crippen molar-refractivity contribution >= 4 is 0 Å². The Hall–Kier alpha value is -1.94. The van der Waals surface area contributed by atoms with Gasteiger partial charge in [-0.05, 0) is 23.8 Å². The predicted octanol–water partition coefficient (Wildman–Crippen LogP) is 1.76. The van der Waals surface area contributed by atoms with Gasteiger partial charge in [-0.25, -0.2) is 9.97 Å². The van der Waals surface area contributed by atoms with Crippen LogP contribution in [-0.4, -0.2) is 22.2 Å². The Balaban J connectivity index is 2.05. The maximum Gasteiger partial charge on any atom is 0.157 e. The third-order valence-corrected chi connectivity index (χ3v) is 2.47. The van der Waals surface area contributed by atoms with Crippen LogP contribution < -0.4 is 4.74 Å². The monoisotopic (exact) mass is 230 g/mol. The van der Waals surface area contributed by atoms with E-state index in [2.05, 4.69) is 9.97 Å². The van der Waals surface area contributed by atoms with Gasteiger partial charge >= 0.3 is 0 Å². The number of aromatic nitrogens is 2. The molecule has 1 N–H and O–H groups in total. The summed E-state index contributed by atoms with van der Waals surface area (Å²) in [7, 11) is 1.63. The van der Waals surface area contributed by atoms with Gasteiger partial charge < -0.3 is 9.84 Å². The van der Waals surface area contributed by atoms with Crippen LogP contribution in [0.25, 0.3) is 0 Å². The van der Waals surface area contributed by atoms with E-state index in [1.54, 1.807) is 25.6 Å². The van der Waals surface area contributed by atoms with Crippen molar-refractivity contribution in [2.24, 2.45) is 0 Å². The second kappa shape index (κ2) is 5.41. The van der Waals surface area contributed by atoms with E-state index in [-0.39, 0.29) is 0 Å². The van der Waals surface area contributed by atoms with E-state index in [1.165, 1.54) is 0 Å². The highest BCUT2D eigenvalue weighted by Crippen LogP contribution is 2.17. The molecule has 2 rings (SSSR count). The number of aliphatic hydroxyl groups is 1. The molecule has 0 aliphatic rings. The summed E-state index contributed by atoms with van der Waals surface area (Å²) < 4.78 is 5.07. The van der Waals surface area contributed by atoms with Gasteiger partial charge in [-0.2, -0.15) is 0 Å². The minimum Gasteiger partial charge on any atom is -0.497 e. The summed E-state index contributed by atoms with van der Waals surface area (Å²) in [6, 6.07) is 9.31. The van der Waals surface area contributed by atoms with E-state index in [0.29, 0.717) is 12.2 Å². The molecule has 1 unspecified atom stereocenters. The van der Waals surface area contributed by atoms with E-state index in [1.807, 2.05) is 24.3 Å². The Labute approximate surface area is 99.9 Å². The molecule has 0 fully saturated rings. The maximum atomic E-state index is 9.94. The van der Waals surface area contributed by atoms with Gasteiger partial charge in [0.25, 0.3) is 0 Å². The first-order valence-electron chi connectivity index (χ1n) is 5.37. The SMILES string of the molecule is COc1ccc(CC(O)c2ncccn2)cc1. The van der Waals surface area contributed by atoms with Crippen LogP contribution in [0.2, 0.25) is 0 Å². The van der Waals surface area contributed by atoms with Gasteiger partial charge in [-0.15, -0.1) is 0 Å². The van der Waals surface area contributed by atoms with Gasteiger partial charge in [0.05, 0.1) is 7.11 Å². The standard InChI is InChI=1S/C13H14N2O2/c1-17-11-5-3-10(4-6-11)9-12(16)13-14-7-2-8-15-13/h2-8,12,16H,9H2,1H3. The second-order valence-corrected chi connectivity index (χ2v) is 3.67. The van der Waals surface area contributed by atoms with Gasteiger partial charge in [-0.3, -0.25) is 0 Å². The van der Waals surface area contributed by atoms with Crippen molar-refractivity contribution < 1.29 is 9.84 Å². The first-order chi connectivity index (χ1) is 8.29. The van der Waals surface area contributed by atoms with Crippen LogP contribution >= 0.6 is 0 Å².